The van der Waals surface area contributed by atoms with Crippen molar-refractivity contribution in [2.75, 3.05) is 13.2 Å². The van der Waals surface area contributed by atoms with Gasteiger partial charge in [-0.3, -0.25) is 4.68 Å². The molecule has 0 radical (unpaired) electrons. The van der Waals surface area contributed by atoms with Crippen molar-refractivity contribution in [3.8, 4) is 22.4 Å². The Labute approximate surface area is 205 Å². The first kappa shape index (κ1) is 23.1. The molecule has 0 aliphatic heterocycles. The fourth-order valence-corrected chi connectivity index (χ4v) is 5.44. The van der Waals surface area contributed by atoms with Crippen LogP contribution in [0.3, 0.4) is 0 Å². The maximum absolute atomic E-state index is 10.7. The number of nitrogens with zero attached hydrogens (tertiary/aromatic N) is 2. The Morgan fingerprint density at radius 1 is 0.971 bits per heavy atom. The molecule has 2 saturated carbocycles. The van der Waals surface area contributed by atoms with Crippen LogP contribution in [0.5, 0.6) is 0 Å². The van der Waals surface area contributed by atoms with E-state index in [1.807, 2.05) is 18.2 Å². The summed E-state index contributed by atoms with van der Waals surface area (Å²) in [4.78, 5) is 10.7. The van der Waals surface area contributed by atoms with Gasteiger partial charge in [0, 0.05) is 34.3 Å². The molecule has 0 atom stereocenters. The zero-order valence-corrected chi connectivity index (χ0v) is 20.1. The molecule has 5 nitrogen and oxygen atoms in total. The Bertz CT molecular complexity index is 1130. The summed E-state index contributed by atoms with van der Waals surface area (Å²) in [6, 6.07) is 18.6. The average Bonchev–Trinajstić information content (AvgIpc) is 3.61. The minimum Gasteiger partial charge on any atom is -0.480 e. The molecule has 0 bridgehead atoms. The number of aromatic nitrogens is 2. The third kappa shape index (κ3) is 5.37. The van der Waals surface area contributed by atoms with Gasteiger partial charge in [0.25, 0.3) is 0 Å². The predicted octanol–water partition coefficient (Wildman–Crippen LogP) is 6.66. The fraction of sp³-hybridized carbons (Fsp3) is 0.429. The van der Waals surface area contributed by atoms with Gasteiger partial charge in [0.15, 0.2) is 0 Å². The summed E-state index contributed by atoms with van der Waals surface area (Å²) in [6.07, 6.45) is 6.83. The number of rotatable bonds is 9. The van der Waals surface area contributed by atoms with Gasteiger partial charge >= 0.3 is 5.97 Å². The maximum atomic E-state index is 10.7. The Hall–Kier alpha value is -2.63. The minimum atomic E-state index is -0.898. The zero-order chi connectivity index (χ0) is 23.5. The fourth-order valence-electron chi connectivity index (χ4n) is 5.25. The highest BCUT2D eigenvalue weighted by Crippen LogP contribution is 2.48. The highest BCUT2D eigenvalue weighted by atomic mass is 35.5. The number of hydrogen-bond donors (Lipinski definition) is 1. The molecular formula is C28H31ClN2O3. The van der Waals surface area contributed by atoms with Gasteiger partial charge in [-0.1, -0.05) is 54.1 Å². The van der Waals surface area contributed by atoms with E-state index < -0.39 is 5.97 Å². The maximum Gasteiger partial charge on any atom is 0.329 e. The van der Waals surface area contributed by atoms with E-state index in [4.69, 9.17) is 26.5 Å². The van der Waals surface area contributed by atoms with Crippen molar-refractivity contribution in [3.63, 3.8) is 0 Å². The highest BCUT2D eigenvalue weighted by molar-refractivity contribution is 6.30. The van der Waals surface area contributed by atoms with Crippen LogP contribution in [0.2, 0.25) is 5.02 Å². The van der Waals surface area contributed by atoms with Crippen molar-refractivity contribution < 1.29 is 14.6 Å². The molecular weight excluding hydrogens is 448 g/mol. The minimum absolute atomic E-state index is 0.202. The third-order valence-electron chi connectivity index (χ3n) is 7.09. The van der Waals surface area contributed by atoms with Crippen LogP contribution in [-0.4, -0.2) is 34.1 Å². The van der Waals surface area contributed by atoms with Gasteiger partial charge in [-0.05, 0) is 68.1 Å². The van der Waals surface area contributed by atoms with Crippen LogP contribution in [0.25, 0.3) is 22.4 Å². The van der Waals surface area contributed by atoms with Crippen molar-refractivity contribution in [2.45, 2.75) is 51.0 Å². The molecule has 0 unspecified atom stereocenters. The van der Waals surface area contributed by atoms with Crippen molar-refractivity contribution in [1.29, 1.82) is 0 Å². The lowest BCUT2D eigenvalue weighted by Crippen LogP contribution is -2.23. The summed E-state index contributed by atoms with van der Waals surface area (Å²) >= 11 is 6.40. The number of hydrogen-bond acceptors (Lipinski definition) is 3. The second-order valence-corrected chi connectivity index (χ2v) is 10.2. The number of carboxylic acid groups (broad SMARTS) is 1. The topological polar surface area (TPSA) is 64.3 Å². The number of carboxylic acids is 1. The van der Waals surface area contributed by atoms with E-state index in [-0.39, 0.29) is 6.61 Å². The summed E-state index contributed by atoms with van der Waals surface area (Å²) in [5, 5.41) is 14.7. The van der Waals surface area contributed by atoms with Crippen LogP contribution in [0.4, 0.5) is 0 Å². The van der Waals surface area contributed by atoms with Crippen LogP contribution < -0.4 is 0 Å². The largest absolute Gasteiger partial charge is 0.480 e. The van der Waals surface area contributed by atoms with Gasteiger partial charge in [0.2, 0.25) is 0 Å². The SMILES string of the molecule is O=C(O)COC[C@H]1CC[C@H](Cn2nc(-c3ccccc3)c(-c3cccc(Cl)c3)c2C2CC2)CC1. The second kappa shape index (κ2) is 10.3. The zero-order valence-electron chi connectivity index (χ0n) is 19.3. The summed E-state index contributed by atoms with van der Waals surface area (Å²) < 4.78 is 7.64. The normalized spacial score (nSPS) is 20.4. The lowest BCUT2D eigenvalue weighted by atomic mass is 9.82. The summed E-state index contributed by atoms with van der Waals surface area (Å²) in [5.41, 5.74) is 5.90. The molecule has 1 heterocycles. The Morgan fingerprint density at radius 2 is 1.68 bits per heavy atom. The van der Waals surface area contributed by atoms with Gasteiger partial charge in [0.1, 0.15) is 12.3 Å². The highest BCUT2D eigenvalue weighted by Gasteiger charge is 2.34. The Morgan fingerprint density at radius 3 is 2.35 bits per heavy atom. The van der Waals surface area contributed by atoms with Crippen molar-refractivity contribution >= 4 is 17.6 Å². The molecule has 3 aromatic rings. The first-order valence-corrected chi connectivity index (χ1v) is 12.7. The Kier molecular flexibility index (Phi) is 7.02. The third-order valence-corrected chi connectivity index (χ3v) is 7.33. The molecule has 0 spiro atoms. The first-order valence-electron chi connectivity index (χ1n) is 12.3. The van der Waals surface area contributed by atoms with E-state index in [9.17, 15) is 4.79 Å². The van der Waals surface area contributed by atoms with E-state index in [0.29, 0.717) is 24.4 Å². The molecule has 1 N–H and O–H groups in total. The molecule has 178 valence electrons. The van der Waals surface area contributed by atoms with Crippen LogP contribution in [0.15, 0.2) is 54.6 Å². The average molecular weight is 479 g/mol. The first-order chi connectivity index (χ1) is 16.6. The lowest BCUT2D eigenvalue weighted by molar-refractivity contribution is -0.142. The van der Waals surface area contributed by atoms with Crippen molar-refractivity contribution in [1.82, 2.24) is 9.78 Å². The molecule has 34 heavy (non-hydrogen) atoms. The van der Waals surface area contributed by atoms with Gasteiger partial charge in [-0.25, -0.2) is 4.79 Å². The lowest BCUT2D eigenvalue weighted by Gasteiger charge is -2.28. The van der Waals surface area contributed by atoms with E-state index in [1.54, 1.807) is 0 Å². The number of aliphatic carboxylic acids is 1. The molecule has 2 aromatic carbocycles. The van der Waals surface area contributed by atoms with E-state index in [0.717, 1.165) is 54.1 Å². The van der Waals surface area contributed by atoms with Gasteiger partial charge in [-0.15, -0.1) is 0 Å². The number of benzene rings is 2. The smallest absolute Gasteiger partial charge is 0.329 e. The van der Waals surface area contributed by atoms with E-state index in [2.05, 4.69) is 41.1 Å². The Balaban J connectivity index is 1.41. The van der Waals surface area contributed by atoms with Crippen LogP contribution in [-0.2, 0) is 16.1 Å². The molecule has 2 fully saturated rings. The standard InChI is InChI=1S/C28H31ClN2O3/c29-24-8-4-7-23(15-24)26-27(21-5-2-1-3-6-21)30-31(28(26)22-13-14-22)16-19-9-11-20(12-10-19)17-34-18-25(32)33/h1-8,15,19-20,22H,9-14,16-18H2,(H,32,33)/t19-,20-. The van der Waals surface area contributed by atoms with Gasteiger partial charge < -0.3 is 9.84 Å². The van der Waals surface area contributed by atoms with Gasteiger partial charge in [0.05, 0.1) is 6.61 Å². The summed E-state index contributed by atoms with van der Waals surface area (Å²) in [5.74, 6) is 0.686. The number of carbonyl (C=O) groups is 1. The van der Waals surface area contributed by atoms with Crippen LogP contribution in [0.1, 0.15) is 50.1 Å². The molecule has 2 aliphatic carbocycles. The van der Waals surface area contributed by atoms with Gasteiger partial charge in [-0.2, -0.15) is 5.10 Å². The van der Waals surface area contributed by atoms with Crippen LogP contribution >= 0.6 is 11.6 Å². The molecule has 5 rings (SSSR count). The quantitative estimate of drug-likeness (QED) is 0.373. The van der Waals surface area contributed by atoms with E-state index >= 15 is 0 Å². The number of halogens is 1. The molecule has 2 aliphatic rings. The van der Waals surface area contributed by atoms with E-state index in [1.165, 1.54) is 24.1 Å². The van der Waals surface area contributed by atoms with Crippen molar-refractivity contribution in [3.05, 3.63) is 65.3 Å². The van der Waals surface area contributed by atoms with Crippen molar-refractivity contribution in [2.24, 2.45) is 11.8 Å². The number of ether oxygens (including phenoxy) is 1. The summed E-state index contributed by atoms with van der Waals surface area (Å²) in [6.45, 7) is 1.27. The monoisotopic (exact) mass is 478 g/mol. The molecule has 1 aromatic heterocycles. The van der Waals surface area contributed by atoms with Crippen LogP contribution in [0, 0.1) is 11.8 Å². The second-order valence-electron chi connectivity index (χ2n) is 9.74. The molecule has 0 amide bonds. The molecule has 0 saturated heterocycles. The summed E-state index contributed by atoms with van der Waals surface area (Å²) in [7, 11) is 0. The molecule has 6 heteroatoms. The predicted molar refractivity (Wildman–Crippen MR) is 134 cm³/mol.